The molecule has 1 aliphatic heterocycles. The Morgan fingerprint density at radius 2 is 1.84 bits per heavy atom. The van der Waals surface area contributed by atoms with Crippen LogP contribution in [0.3, 0.4) is 0 Å². The zero-order valence-corrected chi connectivity index (χ0v) is 11.8. The molecule has 0 unspecified atom stereocenters. The van der Waals surface area contributed by atoms with Gasteiger partial charge in [0, 0.05) is 32.2 Å². The topological polar surface area (TPSA) is 49.9 Å². The average molecular weight is 288 g/mol. The Kier molecular flexibility index (Phi) is 4.07. The minimum atomic E-state index is -3.57. The maximum atomic E-state index is 13.3. The smallest absolute Gasteiger partial charge is 0.243 e. The summed E-state index contributed by atoms with van der Waals surface area (Å²) in [6.07, 6.45) is 0. The second-order valence-electron chi connectivity index (χ2n) is 4.50. The van der Waals surface area contributed by atoms with Gasteiger partial charge in [0.1, 0.15) is 0 Å². The predicted octanol–water partition coefficient (Wildman–Crippen LogP) is 0.770. The summed E-state index contributed by atoms with van der Waals surface area (Å²) in [5.74, 6) is -0.630. The second-order valence-corrected chi connectivity index (χ2v) is 6.44. The quantitative estimate of drug-likeness (QED) is 0.824. The Labute approximate surface area is 112 Å². The van der Waals surface area contributed by atoms with Crippen molar-refractivity contribution in [3.8, 4) is 5.75 Å². The van der Waals surface area contributed by atoms with E-state index in [1.807, 2.05) is 7.05 Å². The SMILES string of the molecule is COc1cc(S(=O)(=O)N2CCN(C)CC2)ccc1F. The van der Waals surface area contributed by atoms with Crippen LogP contribution in [0, 0.1) is 5.82 Å². The molecule has 1 aromatic carbocycles. The largest absolute Gasteiger partial charge is 0.494 e. The van der Waals surface area contributed by atoms with E-state index in [1.165, 1.54) is 23.5 Å². The van der Waals surface area contributed by atoms with Crippen molar-refractivity contribution in [1.29, 1.82) is 0 Å². The van der Waals surface area contributed by atoms with Crippen LogP contribution in [0.1, 0.15) is 0 Å². The van der Waals surface area contributed by atoms with E-state index in [2.05, 4.69) is 4.90 Å². The van der Waals surface area contributed by atoms with Crippen LogP contribution in [-0.4, -0.2) is 58.0 Å². The highest BCUT2D eigenvalue weighted by Gasteiger charge is 2.28. The molecule has 0 aliphatic carbocycles. The van der Waals surface area contributed by atoms with Gasteiger partial charge in [0.15, 0.2) is 11.6 Å². The third-order valence-corrected chi connectivity index (χ3v) is 5.12. The fourth-order valence-corrected chi connectivity index (χ4v) is 3.42. The molecule has 19 heavy (non-hydrogen) atoms. The van der Waals surface area contributed by atoms with Crippen LogP contribution < -0.4 is 4.74 Å². The van der Waals surface area contributed by atoms with Crippen LogP contribution in [0.15, 0.2) is 23.1 Å². The van der Waals surface area contributed by atoms with E-state index in [-0.39, 0.29) is 10.6 Å². The van der Waals surface area contributed by atoms with Crippen molar-refractivity contribution < 1.29 is 17.5 Å². The molecule has 7 heteroatoms. The molecule has 1 heterocycles. The maximum Gasteiger partial charge on any atom is 0.243 e. The first-order chi connectivity index (χ1) is 8.95. The van der Waals surface area contributed by atoms with Gasteiger partial charge >= 0.3 is 0 Å². The van der Waals surface area contributed by atoms with Crippen molar-refractivity contribution in [2.75, 3.05) is 40.3 Å². The number of likely N-dealkylation sites (N-methyl/N-ethyl adjacent to an activating group) is 1. The summed E-state index contributed by atoms with van der Waals surface area (Å²) in [5.41, 5.74) is 0. The van der Waals surface area contributed by atoms with Gasteiger partial charge in [-0.1, -0.05) is 0 Å². The summed E-state index contributed by atoms with van der Waals surface area (Å²) >= 11 is 0. The first-order valence-electron chi connectivity index (χ1n) is 5.97. The highest BCUT2D eigenvalue weighted by Crippen LogP contribution is 2.24. The lowest BCUT2D eigenvalue weighted by molar-refractivity contribution is 0.222. The molecular formula is C12H17FN2O3S. The number of ether oxygens (including phenoxy) is 1. The predicted molar refractivity (Wildman–Crippen MR) is 69.2 cm³/mol. The summed E-state index contributed by atoms with van der Waals surface area (Å²) in [6.45, 7) is 2.27. The second kappa shape index (κ2) is 5.44. The van der Waals surface area contributed by atoms with Gasteiger partial charge in [-0.3, -0.25) is 0 Å². The summed E-state index contributed by atoms with van der Waals surface area (Å²) in [4.78, 5) is 2.13. The van der Waals surface area contributed by atoms with Crippen molar-refractivity contribution >= 4 is 10.0 Å². The number of rotatable bonds is 3. The van der Waals surface area contributed by atoms with Crippen molar-refractivity contribution in [3.05, 3.63) is 24.0 Å². The van der Waals surface area contributed by atoms with Gasteiger partial charge in [-0.2, -0.15) is 4.31 Å². The van der Waals surface area contributed by atoms with E-state index in [1.54, 1.807) is 0 Å². The third-order valence-electron chi connectivity index (χ3n) is 3.22. The van der Waals surface area contributed by atoms with E-state index in [4.69, 9.17) is 4.74 Å². The normalized spacial score (nSPS) is 18.5. The fourth-order valence-electron chi connectivity index (χ4n) is 1.98. The number of halogens is 1. The van der Waals surface area contributed by atoms with E-state index in [0.717, 1.165) is 6.07 Å². The van der Waals surface area contributed by atoms with E-state index < -0.39 is 15.8 Å². The molecule has 0 spiro atoms. The van der Waals surface area contributed by atoms with Gasteiger partial charge < -0.3 is 9.64 Å². The minimum Gasteiger partial charge on any atom is -0.494 e. The summed E-state index contributed by atoms with van der Waals surface area (Å²) in [7, 11) is -0.315. The number of piperazine rings is 1. The Hall–Kier alpha value is -1.18. The lowest BCUT2D eigenvalue weighted by Gasteiger charge is -2.31. The zero-order valence-electron chi connectivity index (χ0n) is 11.0. The Morgan fingerprint density at radius 3 is 2.42 bits per heavy atom. The standard InChI is InChI=1S/C12H17FN2O3S/c1-14-5-7-15(8-6-14)19(16,17)10-3-4-11(13)12(9-10)18-2/h3-4,9H,5-8H2,1-2H3. The molecule has 106 valence electrons. The summed E-state index contributed by atoms with van der Waals surface area (Å²) in [6, 6.07) is 3.61. The number of sulfonamides is 1. The molecule has 0 amide bonds. The first kappa shape index (κ1) is 14.2. The number of methoxy groups -OCH3 is 1. The Bertz CT molecular complexity index is 554. The van der Waals surface area contributed by atoms with Crippen molar-refractivity contribution in [2.45, 2.75) is 4.90 Å². The van der Waals surface area contributed by atoms with Gasteiger partial charge in [0.2, 0.25) is 10.0 Å². The van der Waals surface area contributed by atoms with Crippen LogP contribution in [0.25, 0.3) is 0 Å². The highest BCUT2D eigenvalue weighted by atomic mass is 32.2. The fraction of sp³-hybridized carbons (Fsp3) is 0.500. The monoisotopic (exact) mass is 288 g/mol. The van der Waals surface area contributed by atoms with Gasteiger partial charge in [-0.05, 0) is 19.2 Å². The molecule has 0 aromatic heterocycles. The van der Waals surface area contributed by atoms with Crippen LogP contribution in [0.5, 0.6) is 5.75 Å². The van der Waals surface area contributed by atoms with Crippen LogP contribution >= 0.6 is 0 Å². The average Bonchev–Trinajstić information content (AvgIpc) is 2.39. The zero-order chi connectivity index (χ0) is 14.0. The number of hydrogen-bond donors (Lipinski definition) is 0. The van der Waals surface area contributed by atoms with E-state index >= 15 is 0 Å². The van der Waals surface area contributed by atoms with E-state index in [0.29, 0.717) is 26.2 Å². The molecule has 0 bridgehead atoms. The Balaban J connectivity index is 2.29. The molecule has 5 nitrogen and oxygen atoms in total. The molecule has 2 rings (SSSR count). The molecule has 0 radical (unpaired) electrons. The molecule has 0 N–H and O–H groups in total. The van der Waals surface area contributed by atoms with Gasteiger partial charge in [0.25, 0.3) is 0 Å². The van der Waals surface area contributed by atoms with Gasteiger partial charge in [-0.15, -0.1) is 0 Å². The molecular weight excluding hydrogens is 271 g/mol. The van der Waals surface area contributed by atoms with Crippen LogP contribution in [0.2, 0.25) is 0 Å². The van der Waals surface area contributed by atoms with Gasteiger partial charge in [0.05, 0.1) is 12.0 Å². The van der Waals surface area contributed by atoms with Crippen LogP contribution in [0.4, 0.5) is 4.39 Å². The molecule has 1 fully saturated rings. The minimum absolute atomic E-state index is 0.0600. The number of benzene rings is 1. The van der Waals surface area contributed by atoms with Crippen molar-refractivity contribution in [3.63, 3.8) is 0 Å². The lowest BCUT2D eigenvalue weighted by Crippen LogP contribution is -2.47. The van der Waals surface area contributed by atoms with Crippen molar-refractivity contribution in [1.82, 2.24) is 9.21 Å². The Morgan fingerprint density at radius 1 is 1.21 bits per heavy atom. The summed E-state index contributed by atoms with van der Waals surface area (Å²) in [5, 5.41) is 0. The maximum absolute atomic E-state index is 13.3. The molecule has 0 atom stereocenters. The lowest BCUT2D eigenvalue weighted by atomic mass is 10.3. The summed E-state index contributed by atoms with van der Waals surface area (Å²) < 4.78 is 44.4. The molecule has 1 saturated heterocycles. The molecule has 0 saturated carbocycles. The molecule has 1 aromatic rings. The third kappa shape index (κ3) is 2.88. The van der Waals surface area contributed by atoms with Gasteiger partial charge in [-0.25, -0.2) is 12.8 Å². The van der Waals surface area contributed by atoms with E-state index in [9.17, 15) is 12.8 Å². The van der Waals surface area contributed by atoms with Crippen LogP contribution in [-0.2, 0) is 10.0 Å². The number of nitrogens with zero attached hydrogens (tertiary/aromatic N) is 2. The molecule has 1 aliphatic rings. The first-order valence-corrected chi connectivity index (χ1v) is 7.41. The number of hydrogen-bond acceptors (Lipinski definition) is 4. The van der Waals surface area contributed by atoms with Crippen molar-refractivity contribution in [2.24, 2.45) is 0 Å². The highest BCUT2D eigenvalue weighted by molar-refractivity contribution is 7.89.